The van der Waals surface area contributed by atoms with Crippen molar-refractivity contribution < 1.29 is 25.8 Å². The summed E-state index contributed by atoms with van der Waals surface area (Å²) in [5.41, 5.74) is 8.15. The van der Waals surface area contributed by atoms with E-state index in [0.717, 1.165) is 19.3 Å². The summed E-state index contributed by atoms with van der Waals surface area (Å²) in [5, 5.41) is 10.7. The van der Waals surface area contributed by atoms with Crippen LogP contribution in [0.5, 0.6) is 0 Å². The van der Waals surface area contributed by atoms with Gasteiger partial charge in [0.05, 0.1) is 0 Å². The molecule has 0 radical (unpaired) electrons. The second-order valence-electron chi connectivity index (χ2n) is 11.5. The zero-order valence-corrected chi connectivity index (χ0v) is 32.9. The van der Waals surface area contributed by atoms with Crippen molar-refractivity contribution in [1.82, 2.24) is 0 Å². The van der Waals surface area contributed by atoms with Crippen LogP contribution in [0.3, 0.4) is 0 Å². The fourth-order valence-electron chi connectivity index (χ4n) is 6.39. The van der Waals surface area contributed by atoms with Gasteiger partial charge in [-0.3, -0.25) is 0 Å². The summed E-state index contributed by atoms with van der Waals surface area (Å²) in [6.07, 6.45) is 2.92. The average molecular weight is 832 g/mol. The summed E-state index contributed by atoms with van der Waals surface area (Å²) in [4.78, 5) is 0. The molecule has 8 rings (SSSR count). The first-order valence-electron chi connectivity index (χ1n) is 16.1. The Labute approximate surface area is 317 Å². The fourth-order valence-corrected chi connectivity index (χ4v) is 6.39. The van der Waals surface area contributed by atoms with Gasteiger partial charge in [-0.15, -0.1) is 93.9 Å². The van der Waals surface area contributed by atoms with Gasteiger partial charge in [0.2, 0.25) is 0 Å². The van der Waals surface area contributed by atoms with Gasteiger partial charge in [0.25, 0.3) is 0 Å². The van der Waals surface area contributed by atoms with Crippen molar-refractivity contribution in [3.63, 3.8) is 0 Å². The largest absolute Gasteiger partial charge is 4.00 e. The second-order valence-corrected chi connectivity index (χ2v) is 11.5. The van der Waals surface area contributed by atoms with Crippen LogP contribution >= 0.6 is 24.8 Å². The Kier molecular flexibility index (Phi) is 14.9. The number of hydrogen-bond donors (Lipinski definition) is 0. The van der Waals surface area contributed by atoms with Gasteiger partial charge in [-0.25, -0.2) is 0 Å². The van der Waals surface area contributed by atoms with E-state index in [4.69, 9.17) is 0 Å². The first-order chi connectivity index (χ1) is 22.1. The van der Waals surface area contributed by atoms with E-state index in [1.165, 1.54) is 76.5 Å². The molecule has 0 bridgehead atoms. The molecule has 0 fully saturated rings. The van der Waals surface area contributed by atoms with Crippen LogP contribution in [0.1, 0.15) is 31.4 Å². The molecule has 0 aliphatic carbocycles. The molecule has 0 atom stereocenters. The van der Waals surface area contributed by atoms with E-state index in [2.05, 4.69) is 173 Å². The van der Waals surface area contributed by atoms with E-state index in [9.17, 15) is 0 Å². The number of fused-ring (bicyclic) bond motifs is 4. The molecule has 240 valence electrons. The van der Waals surface area contributed by atoms with Crippen LogP contribution < -0.4 is 0 Å². The molecule has 0 aliphatic rings. The van der Waals surface area contributed by atoms with Crippen LogP contribution in [0.2, 0.25) is 0 Å². The van der Waals surface area contributed by atoms with Crippen molar-refractivity contribution in [2.45, 2.75) is 33.1 Å². The second kappa shape index (κ2) is 18.3. The summed E-state index contributed by atoms with van der Waals surface area (Å²) in [6, 6.07) is 52.9. The predicted octanol–water partition coefficient (Wildman–Crippen LogP) is 13.8. The van der Waals surface area contributed by atoms with E-state index < -0.39 is 0 Å². The third-order valence-corrected chi connectivity index (χ3v) is 8.60. The molecular formula is C45H42Cl2Hf. The molecule has 0 amide bonds. The predicted molar refractivity (Wildman–Crippen MR) is 214 cm³/mol. The van der Waals surface area contributed by atoms with Crippen LogP contribution in [0.4, 0.5) is 0 Å². The van der Waals surface area contributed by atoms with Crippen LogP contribution in [-0.4, -0.2) is 0 Å². The van der Waals surface area contributed by atoms with Gasteiger partial charge in [-0.05, 0) is 45.5 Å². The number of rotatable bonds is 4. The van der Waals surface area contributed by atoms with Gasteiger partial charge in [0, 0.05) is 0 Å². The number of benzene rings is 6. The Bertz CT molecular complexity index is 2030. The smallest absolute Gasteiger partial charge is 0.372 e. The quantitative estimate of drug-likeness (QED) is 0.122. The third kappa shape index (κ3) is 8.20. The fraction of sp³-hybridized carbons (Fsp3) is 0.111. The molecule has 0 N–H and O–H groups in total. The zero-order valence-electron chi connectivity index (χ0n) is 27.7. The van der Waals surface area contributed by atoms with Gasteiger partial charge in [0.1, 0.15) is 0 Å². The topological polar surface area (TPSA) is 0 Å². The van der Waals surface area contributed by atoms with E-state index in [1.807, 2.05) is 0 Å². The molecule has 8 aromatic carbocycles. The molecule has 0 aromatic heterocycles. The Balaban J connectivity index is 0.000000228. The zero-order chi connectivity index (χ0) is 31.2. The number of hydrogen-bond acceptors (Lipinski definition) is 0. The molecule has 3 heteroatoms. The van der Waals surface area contributed by atoms with Crippen molar-refractivity contribution in [1.29, 1.82) is 0 Å². The number of halogens is 2. The monoisotopic (exact) mass is 832 g/mol. The summed E-state index contributed by atoms with van der Waals surface area (Å²) >= 11 is 0. The molecule has 0 aliphatic heterocycles. The summed E-state index contributed by atoms with van der Waals surface area (Å²) in [5.74, 6) is 0. The molecule has 0 nitrogen and oxygen atoms in total. The van der Waals surface area contributed by atoms with Crippen molar-refractivity contribution in [2.24, 2.45) is 0 Å². The number of aryl methyl sites for hydroxylation is 2. The van der Waals surface area contributed by atoms with Crippen LogP contribution in [0.15, 0.2) is 146 Å². The minimum absolute atomic E-state index is 0. The molecule has 0 saturated heterocycles. The van der Waals surface area contributed by atoms with Gasteiger partial charge in [-0.2, -0.15) is 12.1 Å². The molecule has 0 heterocycles. The average Bonchev–Trinajstić information content (AvgIpc) is 3.73. The van der Waals surface area contributed by atoms with E-state index in [0.29, 0.717) is 0 Å². The van der Waals surface area contributed by atoms with E-state index in [1.54, 1.807) is 0 Å². The Morgan fingerprint density at radius 1 is 0.438 bits per heavy atom. The molecule has 0 unspecified atom stereocenters. The van der Waals surface area contributed by atoms with Crippen molar-refractivity contribution in [3.8, 4) is 22.3 Å². The molecule has 8 aromatic rings. The van der Waals surface area contributed by atoms with Crippen LogP contribution in [0, 0.1) is 13.8 Å². The van der Waals surface area contributed by atoms with E-state index >= 15 is 0 Å². The maximum atomic E-state index is 3.38. The van der Waals surface area contributed by atoms with E-state index in [-0.39, 0.29) is 50.7 Å². The summed E-state index contributed by atoms with van der Waals surface area (Å²) in [7, 11) is 0. The standard InChI is InChI=1S/2C21H17.C3H6.2ClH.Hf/c2*1-2-15-13-17-9-6-12-20(21(17)14-15)19-11-5-8-16-7-3-4-10-18(16)19;1-3-2;;;/h2*3-14H,2H2,1H3;1-3H2;2*1H;/q2*-1;-2;;;+4. The SMILES string of the molecule is CCc1cc2c(-c3cccc4ccccc34)cccc2[cH-]1.CCc1cc2c(-c3cccc4ccccc34)cccc2[cH-]1.Cl.Cl.[CH2-]C[CH2-].[Hf+4]. The van der Waals surface area contributed by atoms with Gasteiger partial charge >= 0.3 is 25.8 Å². The molecule has 0 saturated carbocycles. The van der Waals surface area contributed by atoms with Crippen molar-refractivity contribution in [3.05, 3.63) is 171 Å². The van der Waals surface area contributed by atoms with Gasteiger partial charge < -0.3 is 20.3 Å². The molecule has 0 spiro atoms. The first-order valence-corrected chi connectivity index (χ1v) is 16.1. The maximum absolute atomic E-state index is 3.38. The Morgan fingerprint density at radius 3 is 1.12 bits per heavy atom. The van der Waals surface area contributed by atoms with Gasteiger partial charge in [-0.1, -0.05) is 122 Å². The minimum Gasteiger partial charge on any atom is -0.372 e. The molecule has 48 heavy (non-hydrogen) atoms. The molecular weight excluding hydrogens is 790 g/mol. The normalized spacial score (nSPS) is 10.2. The summed E-state index contributed by atoms with van der Waals surface area (Å²) < 4.78 is 0. The Morgan fingerprint density at radius 2 is 0.750 bits per heavy atom. The summed E-state index contributed by atoms with van der Waals surface area (Å²) in [6.45, 7) is 11.2. The Hall–Kier alpha value is -3.49. The van der Waals surface area contributed by atoms with Crippen molar-refractivity contribution >= 4 is 67.9 Å². The van der Waals surface area contributed by atoms with Crippen LogP contribution in [-0.2, 0) is 38.7 Å². The van der Waals surface area contributed by atoms with Crippen molar-refractivity contribution in [2.75, 3.05) is 0 Å². The third-order valence-electron chi connectivity index (χ3n) is 8.60. The maximum Gasteiger partial charge on any atom is 4.00 e. The van der Waals surface area contributed by atoms with Crippen LogP contribution in [0.25, 0.3) is 65.3 Å². The first kappa shape index (κ1) is 39.0. The van der Waals surface area contributed by atoms with Gasteiger partial charge in [0.15, 0.2) is 0 Å². The minimum atomic E-state index is 0.